The van der Waals surface area contributed by atoms with Gasteiger partial charge in [-0.3, -0.25) is 4.79 Å². The molecular formula is C19H19N3O2. The van der Waals surface area contributed by atoms with Crippen molar-refractivity contribution in [2.24, 2.45) is 0 Å². The predicted molar refractivity (Wildman–Crippen MR) is 91.7 cm³/mol. The molecular weight excluding hydrogens is 302 g/mol. The highest BCUT2D eigenvalue weighted by atomic mass is 16.5. The molecule has 1 N–H and O–H groups in total. The van der Waals surface area contributed by atoms with Crippen molar-refractivity contribution in [2.75, 3.05) is 6.54 Å². The lowest BCUT2D eigenvalue weighted by Crippen LogP contribution is -2.27. The lowest BCUT2D eigenvalue weighted by molar-refractivity contribution is 0.0951. The molecule has 0 aliphatic carbocycles. The van der Waals surface area contributed by atoms with E-state index in [4.69, 9.17) is 4.52 Å². The number of aryl methyl sites for hydroxylation is 1. The quantitative estimate of drug-likeness (QED) is 0.780. The summed E-state index contributed by atoms with van der Waals surface area (Å²) in [5.41, 5.74) is 2.61. The highest BCUT2D eigenvalue weighted by molar-refractivity contribution is 5.94. The van der Waals surface area contributed by atoms with Gasteiger partial charge in [0.15, 0.2) is 5.82 Å². The summed E-state index contributed by atoms with van der Waals surface area (Å²) >= 11 is 0. The Bertz CT molecular complexity index is 810. The summed E-state index contributed by atoms with van der Waals surface area (Å²) in [5, 5.41) is 6.73. The van der Waals surface area contributed by atoms with Gasteiger partial charge in [0.2, 0.25) is 0 Å². The van der Waals surface area contributed by atoms with Gasteiger partial charge in [-0.25, -0.2) is 0 Å². The summed E-state index contributed by atoms with van der Waals surface area (Å²) in [7, 11) is 0. The van der Waals surface area contributed by atoms with Crippen LogP contribution in [0.5, 0.6) is 0 Å². The van der Waals surface area contributed by atoms with E-state index in [1.165, 1.54) is 5.56 Å². The van der Waals surface area contributed by atoms with Crippen LogP contribution in [0.4, 0.5) is 0 Å². The van der Waals surface area contributed by atoms with Gasteiger partial charge in [-0.2, -0.15) is 4.98 Å². The zero-order chi connectivity index (χ0) is 16.9. The summed E-state index contributed by atoms with van der Waals surface area (Å²) < 4.78 is 5.12. The smallest absolute Gasteiger partial charge is 0.257 e. The molecule has 1 aromatic heterocycles. The lowest BCUT2D eigenvalue weighted by Gasteiger charge is -2.13. The molecule has 0 saturated heterocycles. The minimum atomic E-state index is -0.0916. The maximum atomic E-state index is 12.3. The Morgan fingerprint density at radius 3 is 2.46 bits per heavy atom. The summed E-state index contributed by atoms with van der Waals surface area (Å²) in [6, 6.07) is 17.3. The van der Waals surface area contributed by atoms with Crippen LogP contribution in [0.25, 0.3) is 11.5 Å². The molecule has 1 amide bonds. The van der Waals surface area contributed by atoms with Crippen molar-refractivity contribution in [2.45, 2.75) is 19.8 Å². The van der Waals surface area contributed by atoms with Gasteiger partial charge in [0, 0.05) is 17.7 Å². The van der Waals surface area contributed by atoms with Gasteiger partial charge in [0.25, 0.3) is 11.8 Å². The molecule has 3 rings (SSSR count). The van der Waals surface area contributed by atoms with Crippen LogP contribution < -0.4 is 5.32 Å². The Morgan fingerprint density at radius 2 is 1.83 bits per heavy atom. The second-order valence-electron chi connectivity index (χ2n) is 5.75. The highest BCUT2D eigenvalue weighted by Gasteiger charge is 2.11. The number of rotatable bonds is 5. The number of carbonyl (C=O) groups excluding carboxylic acids is 1. The number of amides is 1. The maximum Gasteiger partial charge on any atom is 0.257 e. The van der Waals surface area contributed by atoms with E-state index in [1.807, 2.05) is 30.3 Å². The first-order valence-electron chi connectivity index (χ1n) is 7.87. The van der Waals surface area contributed by atoms with Crippen LogP contribution in [-0.4, -0.2) is 22.6 Å². The van der Waals surface area contributed by atoms with E-state index in [-0.39, 0.29) is 11.8 Å². The summed E-state index contributed by atoms with van der Waals surface area (Å²) in [4.78, 5) is 16.4. The molecule has 0 radical (unpaired) electrons. The zero-order valence-electron chi connectivity index (χ0n) is 13.7. The van der Waals surface area contributed by atoms with Gasteiger partial charge >= 0.3 is 0 Å². The van der Waals surface area contributed by atoms with Crippen LogP contribution in [0.3, 0.4) is 0 Å². The fraction of sp³-hybridized carbons (Fsp3) is 0.211. The Hall–Kier alpha value is -2.95. The van der Waals surface area contributed by atoms with Gasteiger partial charge < -0.3 is 9.84 Å². The second-order valence-corrected chi connectivity index (χ2v) is 5.75. The van der Waals surface area contributed by atoms with Crippen molar-refractivity contribution in [3.05, 3.63) is 71.5 Å². The van der Waals surface area contributed by atoms with E-state index in [1.54, 1.807) is 19.1 Å². The second kappa shape index (κ2) is 7.08. The molecule has 24 heavy (non-hydrogen) atoms. The van der Waals surface area contributed by atoms with E-state index in [0.717, 1.165) is 5.56 Å². The zero-order valence-corrected chi connectivity index (χ0v) is 13.7. The topological polar surface area (TPSA) is 68.0 Å². The molecule has 1 heterocycles. The van der Waals surface area contributed by atoms with Crippen molar-refractivity contribution in [3.8, 4) is 11.5 Å². The van der Waals surface area contributed by atoms with Crippen molar-refractivity contribution in [1.82, 2.24) is 15.5 Å². The largest absolute Gasteiger partial charge is 0.351 e. The molecule has 2 aromatic carbocycles. The van der Waals surface area contributed by atoms with Gasteiger partial charge in [-0.15, -0.1) is 0 Å². The van der Waals surface area contributed by atoms with Crippen LogP contribution in [0, 0.1) is 6.92 Å². The molecule has 0 bridgehead atoms. The van der Waals surface area contributed by atoms with E-state index in [2.05, 4.69) is 34.5 Å². The first-order valence-corrected chi connectivity index (χ1v) is 7.87. The third-order valence-corrected chi connectivity index (χ3v) is 3.86. The molecule has 0 aliphatic rings. The van der Waals surface area contributed by atoms with Crippen molar-refractivity contribution < 1.29 is 9.32 Å². The third-order valence-electron chi connectivity index (χ3n) is 3.86. The highest BCUT2D eigenvalue weighted by Crippen LogP contribution is 2.18. The average molecular weight is 321 g/mol. The minimum Gasteiger partial charge on any atom is -0.351 e. The molecule has 1 atom stereocenters. The Labute approximate surface area is 140 Å². The number of carbonyl (C=O) groups is 1. The number of aromatic nitrogens is 2. The molecule has 5 nitrogen and oxygen atoms in total. The van der Waals surface area contributed by atoms with Crippen LogP contribution in [-0.2, 0) is 0 Å². The molecule has 0 fully saturated rings. The molecule has 122 valence electrons. The lowest BCUT2D eigenvalue weighted by atomic mass is 10.0. The fourth-order valence-electron chi connectivity index (χ4n) is 2.43. The molecule has 5 heteroatoms. The van der Waals surface area contributed by atoms with Gasteiger partial charge in [0.05, 0.1) is 0 Å². The predicted octanol–water partition coefficient (Wildman–Crippen LogP) is 3.58. The van der Waals surface area contributed by atoms with E-state index >= 15 is 0 Å². The maximum absolute atomic E-state index is 12.3. The van der Waals surface area contributed by atoms with Gasteiger partial charge in [-0.05, 0) is 42.7 Å². The van der Waals surface area contributed by atoms with Crippen molar-refractivity contribution >= 4 is 5.91 Å². The van der Waals surface area contributed by atoms with Crippen molar-refractivity contribution in [1.29, 1.82) is 0 Å². The molecule has 0 spiro atoms. The van der Waals surface area contributed by atoms with Crippen LogP contribution in [0.15, 0.2) is 59.1 Å². The average Bonchev–Trinajstić information content (AvgIpc) is 3.06. The van der Waals surface area contributed by atoms with E-state index in [9.17, 15) is 4.79 Å². The normalized spacial score (nSPS) is 11.9. The summed E-state index contributed by atoms with van der Waals surface area (Å²) in [5.74, 6) is 1.21. The molecule has 0 saturated carbocycles. The van der Waals surface area contributed by atoms with Crippen LogP contribution in [0.2, 0.25) is 0 Å². The summed E-state index contributed by atoms with van der Waals surface area (Å²) in [6.07, 6.45) is 0. The number of hydrogen-bond donors (Lipinski definition) is 1. The van der Waals surface area contributed by atoms with Gasteiger partial charge in [-0.1, -0.05) is 42.4 Å². The standard InChI is InChI=1S/C19H19N3O2/c1-13(15-6-4-3-5-7-15)12-20-18(23)16-8-10-17(11-9-16)19-21-14(2)22-24-19/h3-11,13H,12H2,1-2H3,(H,20,23). The SMILES string of the molecule is Cc1noc(-c2ccc(C(=O)NCC(C)c3ccccc3)cc2)n1. The van der Waals surface area contributed by atoms with Crippen LogP contribution in [0.1, 0.15) is 34.6 Å². The molecule has 1 unspecified atom stereocenters. The molecule has 3 aromatic rings. The van der Waals surface area contributed by atoms with E-state index in [0.29, 0.717) is 23.8 Å². The molecule has 0 aliphatic heterocycles. The fourth-order valence-corrected chi connectivity index (χ4v) is 2.43. The van der Waals surface area contributed by atoms with Gasteiger partial charge in [0.1, 0.15) is 0 Å². The number of nitrogens with zero attached hydrogens (tertiary/aromatic N) is 2. The number of nitrogens with one attached hydrogen (secondary N) is 1. The third kappa shape index (κ3) is 3.68. The minimum absolute atomic E-state index is 0.0916. The summed E-state index contributed by atoms with van der Waals surface area (Å²) in [6.45, 7) is 4.45. The number of hydrogen-bond acceptors (Lipinski definition) is 4. The Kier molecular flexibility index (Phi) is 4.70. The monoisotopic (exact) mass is 321 g/mol. The Balaban J connectivity index is 1.61. The Morgan fingerprint density at radius 1 is 1.12 bits per heavy atom. The first-order chi connectivity index (χ1) is 11.6. The number of benzene rings is 2. The van der Waals surface area contributed by atoms with E-state index < -0.39 is 0 Å². The first kappa shape index (κ1) is 15.9. The van der Waals surface area contributed by atoms with Crippen molar-refractivity contribution in [3.63, 3.8) is 0 Å². The van der Waals surface area contributed by atoms with Crippen LogP contribution >= 0.6 is 0 Å².